The van der Waals surface area contributed by atoms with E-state index in [4.69, 9.17) is 5.11 Å². The maximum atomic E-state index is 13.4. The van der Waals surface area contributed by atoms with Crippen molar-refractivity contribution in [1.29, 1.82) is 0 Å². The summed E-state index contributed by atoms with van der Waals surface area (Å²) in [6, 6.07) is 3.53. The van der Waals surface area contributed by atoms with Crippen LogP contribution in [0.3, 0.4) is 0 Å². The molecular weight excluding hydrogens is 245 g/mol. The molecule has 1 rings (SSSR count). The van der Waals surface area contributed by atoms with Gasteiger partial charge in [0, 0.05) is 6.54 Å². The average Bonchev–Trinajstić information content (AvgIpc) is 2.29. The van der Waals surface area contributed by atoms with Gasteiger partial charge in [0.2, 0.25) is 10.0 Å². The minimum Gasteiger partial charge on any atom is -0.392 e. The Hall–Kier alpha value is -0.980. The predicted octanol–water partition coefficient (Wildman–Crippen LogP) is 1.40. The van der Waals surface area contributed by atoms with E-state index in [0.29, 0.717) is 12.0 Å². The van der Waals surface area contributed by atoms with Crippen LogP contribution < -0.4 is 4.72 Å². The molecule has 4 nitrogen and oxygen atoms in total. The predicted molar refractivity (Wildman–Crippen MR) is 62.4 cm³/mol. The molecule has 1 aromatic rings. The van der Waals surface area contributed by atoms with Gasteiger partial charge in [0.05, 0.1) is 6.61 Å². The molecule has 0 radical (unpaired) electrons. The number of hydrogen-bond acceptors (Lipinski definition) is 3. The fourth-order valence-corrected chi connectivity index (χ4v) is 2.51. The maximum absolute atomic E-state index is 13.4. The zero-order chi connectivity index (χ0) is 12.9. The van der Waals surface area contributed by atoms with Crippen LogP contribution in [0.2, 0.25) is 0 Å². The molecule has 6 heteroatoms. The van der Waals surface area contributed by atoms with Gasteiger partial charge in [-0.25, -0.2) is 17.5 Å². The van der Waals surface area contributed by atoms with Crippen LogP contribution in [0.25, 0.3) is 0 Å². The van der Waals surface area contributed by atoms with Crippen molar-refractivity contribution in [3.8, 4) is 0 Å². The highest BCUT2D eigenvalue weighted by Crippen LogP contribution is 2.16. The monoisotopic (exact) mass is 261 g/mol. The first kappa shape index (κ1) is 14.1. The van der Waals surface area contributed by atoms with E-state index < -0.39 is 20.7 Å². The standard InChI is InChI=1S/C11H16FNO3S/c1-2-3-6-13-17(15,16)11-7-9(8-14)4-5-10(11)12/h4-5,7,13-14H,2-3,6,8H2,1H3. The smallest absolute Gasteiger partial charge is 0.243 e. The van der Waals surface area contributed by atoms with Crippen LogP contribution in [0.1, 0.15) is 25.3 Å². The van der Waals surface area contributed by atoms with Crippen molar-refractivity contribution in [2.75, 3.05) is 6.54 Å². The topological polar surface area (TPSA) is 66.4 Å². The minimum absolute atomic E-state index is 0.279. The van der Waals surface area contributed by atoms with Gasteiger partial charge in [-0.15, -0.1) is 0 Å². The van der Waals surface area contributed by atoms with Crippen molar-refractivity contribution in [2.45, 2.75) is 31.3 Å². The number of hydrogen-bond donors (Lipinski definition) is 2. The lowest BCUT2D eigenvalue weighted by Crippen LogP contribution is -2.25. The number of aliphatic hydroxyl groups excluding tert-OH is 1. The largest absolute Gasteiger partial charge is 0.392 e. The molecule has 0 heterocycles. The molecule has 0 aliphatic heterocycles. The Morgan fingerprint density at radius 2 is 2.12 bits per heavy atom. The Kier molecular flexibility index (Phi) is 5.04. The van der Waals surface area contributed by atoms with Crippen molar-refractivity contribution in [1.82, 2.24) is 4.72 Å². The molecule has 0 amide bonds. The van der Waals surface area contributed by atoms with Gasteiger partial charge in [-0.2, -0.15) is 0 Å². The zero-order valence-electron chi connectivity index (χ0n) is 9.61. The van der Waals surface area contributed by atoms with Crippen LogP contribution in [-0.2, 0) is 16.6 Å². The number of benzene rings is 1. The van der Waals surface area contributed by atoms with Gasteiger partial charge in [-0.05, 0) is 24.1 Å². The maximum Gasteiger partial charge on any atom is 0.243 e. The molecule has 2 N–H and O–H groups in total. The third-order valence-corrected chi connectivity index (χ3v) is 3.77. The van der Waals surface area contributed by atoms with Gasteiger partial charge >= 0.3 is 0 Å². The van der Waals surface area contributed by atoms with E-state index in [0.717, 1.165) is 18.6 Å². The molecule has 0 bridgehead atoms. The molecular formula is C11H16FNO3S. The van der Waals surface area contributed by atoms with Crippen LogP contribution >= 0.6 is 0 Å². The summed E-state index contributed by atoms with van der Waals surface area (Å²) in [5, 5.41) is 8.90. The quantitative estimate of drug-likeness (QED) is 0.761. The number of halogens is 1. The fraction of sp³-hybridized carbons (Fsp3) is 0.455. The van der Waals surface area contributed by atoms with Crippen molar-refractivity contribution >= 4 is 10.0 Å². The zero-order valence-corrected chi connectivity index (χ0v) is 10.4. The second-order valence-electron chi connectivity index (χ2n) is 3.67. The average molecular weight is 261 g/mol. The summed E-state index contributed by atoms with van der Waals surface area (Å²) < 4.78 is 39.3. The summed E-state index contributed by atoms with van der Waals surface area (Å²) in [5.41, 5.74) is 0.363. The van der Waals surface area contributed by atoms with Gasteiger partial charge < -0.3 is 5.11 Å². The Balaban J connectivity index is 2.97. The lowest BCUT2D eigenvalue weighted by molar-refractivity contribution is 0.281. The van der Waals surface area contributed by atoms with Crippen molar-refractivity contribution < 1.29 is 17.9 Å². The van der Waals surface area contributed by atoms with E-state index in [1.807, 2.05) is 6.92 Å². The lowest BCUT2D eigenvalue weighted by Gasteiger charge is -2.08. The molecule has 0 aliphatic rings. The molecule has 0 aliphatic carbocycles. The molecule has 96 valence electrons. The van der Waals surface area contributed by atoms with E-state index in [9.17, 15) is 12.8 Å². The minimum atomic E-state index is -3.83. The summed E-state index contributed by atoms with van der Waals surface area (Å²) in [5.74, 6) is -0.814. The molecule has 0 fully saturated rings. The number of sulfonamides is 1. The first-order valence-electron chi connectivity index (χ1n) is 5.40. The van der Waals surface area contributed by atoms with Crippen LogP contribution in [-0.4, -0.2) is 20.1 Å². The van der Waals surface area contributed by atoms with Gasteiger partial charge in [-0.1, -0.05) is 19.4 Å². The van der Waals surface area contributed by atoms with E-state index in [1.165, 1.54) is 6.07 Å². The first-order chi connectivity index (χ1) is 8.01. The van der Waals surface area contributed by atoms with Crippen molar-refractivity contribution in [2.24, 2.45) is 0 Å². The summed E-state index contributed by atoms with van der Waals surface area (Å²) >= 11 is 0. The van der Waals surface area contributed by atoms with Crippen molar-refractivity contribution in [3.63, 3.8) is 0 Å². The number of unbranched alkanes of at least 4 members (excludes halogenated alkanes) is 1. The first-order valence-corrected chi connectivity index (χ1v) is 6.88. The van der Waals surface area contributed by atoms with Crippen LogP contribution in [0.4, 0.5) is 4.39 Å². The Labute approximate surface area is 101 Å². The van der Waals surface area contributed by atoms with E-state index in [2.05, 4.69) is 4.72 Å². The van der Waals surface area contributed by atoms with Crippen LogP contribution in [0.5, 0.6) is 0 Å². The lowest BCUT2D eigenvalue weighted by atomic mass is 10.2. The van der Waals surface area contributed by atoms with Crippen molar-refractivity contribution in [3.05, 3.63) is 29.6 Å². The highest BCUT2D eigenvalue weighted by atomic mass is 32.2. The number of rotatable bonds is 6. The van der Waals surface area contributed by atoms with Crippen LogP contribution in [0, 0.1) is 5.82 Å². The van der Waals surface area contributed by atoms with E-state index in [-0.39, 0.29) is 13.2 Å². The number of aliphatic hydroxyl groups is 1. The summed E-state index contributed by atoms with van der Waals surface area (Å²) in [6.45, 7) is 1.89. The SMILES string of the molecule is CCCCNS(=O)(=O)c1cc(CO)ccc1F. The fourth-order valence-electron chi connectivity index (χ4n) is 1.31. The second-order valence-corrected chi connectivity index (χ2v) is 5.41. The third-order valence-electron chi connectivity index (χ3n) is 2.29. The van der Waals surface area contributed by atoms with Gasteiger partial charge in [0.25, 0.3) is 0 Å². The number of nitrogens with one attached hydrogen (secondary N) is 1. The van der Waals surface area contributed by atoms with Crippen LogP contribution in [0.15, 0.2) is 23.1 Å². The van der Waals surface area contributed by atoms with Gasteiger partial charge in [-0.3, -0.25) is 0 Å². The molecule has 0 saturated heterocycles. The normalized spacial score (nSPS) is 11.7. The Morgan fingerprint density at radius 3 is 2.71 bits per heavy atom. The summed E-state index contributed by atoms with van der Waals surface area (Å²) in [6.07, 6.45) is 1.54. The Bertz CT molecular complexity index is 474. The highest BCUT2D eigenvalue weighted by molar-refractivity contribution is 7.89. The second kappa shape index (κ2) is 6.09. The summed E-state index contributed by atoms with van der Waals surface area (Å²) in [4.78, 5) is -0.417. The molecule has 0 atom stereocenters. The molecule has 0 saturated carbocycles. The molecule has 1 aromatic carbocycles. The molecule has 0 spiro atoms. The summed E-state index contributed by atoms with van der Waals surface area (Å²) in [7, 11) is -3.83. The molecule has 0 unspecified atom stereocenters. The van der Waals surface area contributed by atoms with Gasteiger partial charge in [0.15, 0.2) is 0 Å². The molecule has 17 heavy (non-hydrogen) atoms. The highest BCUT2D eigenvalue weighted by Gasteiger charge is 2.18. The van der Waals surface area contributed by atoms with E-state index >= 15 is 0 Å². The Morgan fingerprint density at radius 1 is 1.41 bits per heavy atom. The van der Waals surface area contributed by atoms with E-state index in [1.54, 1.807) is 0 Å². The third kappa shape index (κ3) is 3.76. The van der Waals surface area contributed by atoms with Gasteiger partial charge in [0.1, 0.15) is 10.7 Å². The molecule has 0 aromatic heterocycles.